The summed E-state index contributed by atoms with van der Waals surface area (Å²) in [7, 11) is 0. The molecule has 0 unspecified atom stereocenters. The Hall–Kier alpha value is -6.28. The minimum atomic E-state index is -0.799. The summed E-state index contributed by atoms with van der Waals surface area (Å²) < 4.78 is 14.2. The normalized spacial score (nSPS) is 22.2. The van der Waals surface area contributed by atoms with Gasteiger partial charge in [0.2, 0.25) is 5.95 Å². The van der Waals surface area contributed by atoms with Crippen LogP contribution in [-0.2, 0) is 23.2 Å². The summed E-state index contributed by atoms with van der Waals surface area (Å²) in [5, 5.41) is 5.07. The van der Waals surface area contributed by atoms with E-state index in [-0.39, 0.29) is 42.3 Å². The summed E-state index contributed by atoms with van der Waals surface area (Å²) >= 11 is 0. The molecular formula is C44H44N8O6. The molecule has 6 heterocycles. The summed E-state index contributed by atoms with van der Waals surface area (Å²) in [4.78, 5) is 69.3. The molecule has 10 rings (SSSR count). The van der Waals surface area contributed by atoms with Gasteiger partial charge in [0.1, 0.15) is 11.2 Å². The molecule has 14 nitrogen and oxygen atoms in total. The minimum Gasteiger partial charge on any atom is -0.381 e. The largest absolute Gasteiger partial charge is 0.438 e. The molecule has 3 atom stereocenters. The molecule has 296 valence electrons. The first-order valence-corrected chi connectivity index (χ1v) is 20.2. The number of anilines is 1. The van der Waals surface area contributed by atoms with E-state index in [2.05, 4.69) is 35.3 Å². The van der Waals surface area contributed by atoms with E-state index in [1.807, 2.05) is 78.2 Å². The number of nitrogens with one attached hydrogen (secondary N) is 1. The first-order valence-electron chi connectivity index (χ1n) is 20.2. The predicted octanol–water partition coefficient (Wildman–Crippen LogP) is 5.74. The SMILES string of the molecule is C[C@@H]1C[C@]1(c1noc(=O)[nH]1)n1c(C(=O)N2CCc3c(nc(N4CCN(Cc5ccccc5)C4=O)n(-c4ccccc4)c3=O)[C@@H]2C)cc2cc(C3CCOCC3)ccc21. The summed E-state index contributed by atoms with van der Waals surface area (Å²) in [6.07, 6.45) is 2.79. The number of benzene rings is 3. The van der Waals surface area contributed by atoms with E-state index in [4.69, 9.17) is 14.2 Å². The molecule has 3 aromatic heterocycles. The summed E-state index contributed by atoms with van der Waals surface area (Å²) in [5.41, 5.74) is 4.06. The highest BCUT2D eigenvalue weighted by Gasteiger charge is 2.59. The van der Waals surface area contributed by atoms with Crippen LogP contribution in [0.4, 0.5) is 10.7 Å². The van der Waals surface area contributed by atoms with Crippen LogP contribution in [0.5, 0.6) is 0 Å². The number of aromatic nitrogens is 5. The van der Waals surface area contributed by atoms with E-state index in [9.17, 15) is 14.4 Å². The van der Waals surface area contributed by atoms with Crippen molar-refractivity contribution in [2.24, 2.45) is 5.92 Å². The van der Waals surface area contributed by atoms with Crippen molar-refractivity contribution in [3.05, 3.63) is 140 Å². The molecule has 4 aliphatic rings. The van der Waals surface area contributed by atoms with Gasteiger partial charge in [-0.2, -0.15) is 0 Å². The molecule has 1 aliphatic carbocycles. The van der Waals surface area contributed by atoms with E-state index in [0.717, 1.165) is 29.3 Å². The number of amides is 3. The van der Waals surface area contributed by atoms with Gasteiger partial charge in [-0.3, -0.25) is 24.0 Å². The summed E-state index contributed by atoms with van der Waals surface area (Å²) in [5.74, 6) is 0.133. The standard InChI is InChI=1S/C44H44N8O6/c1-27-25-44(27,40-46-42(55)58-47-40)52-35-14-13-31(30-16-21-57-22-17-30)23-32(35)24-36(52)39(54)49-18-15-34-37(28(49)2)45-41(51(38(34)53)33-11-7-4-8-12-33)50-20-19-48(43(50)56)26-29-9-5-3-6-10-29/h3-14,23-24,27-28,30H,15-22,25-26H2,1-2H3,(H,46,47,55)/t27-,28+,44+/m1/s1. The second-order valence-corrected chi connectivity index (χ2v) is 16.1. The molecule has 0 bridgehead atoms. The van der Waals surface area contributed by atoms with Crippen LogP contribution < -0.4 is 16.2 Å². The van der Waals surface area contributed by atoms with Gasteiger partial charge < -0.3 is 19.1 Å². The fourth-order valence-corrected chi connectivity index (χ4v) is 9.53. The van der Waals surface area contributed by atoms with Crippen molar-refractivity contribution >= 4 is 28.8 Å². The van der Waals surface area contributed by atoms with Crippen LogP contribution in [0.15, 0.2) is 99.0 Å². The van der Waals surface area contributed by atoms with Crippen LogP contribution in [0.3, 0.4) is 0 Å². The minimum absolute atomic E-state index is 0.0465. The van der Waals surface area contributed by atoms with Gasteiger partial charge in [0.15, 0.2) is 5.82 Å². The van der Waals surface area contributed by atoms with Crippen molar-refractivity contribution in [2.45, 2.75) is 63.6 Å². The zero-order chi connectivity index (χ0) is 39.7. The number of nitrogens with zero attached hydrogens (tertiary/aromatic N) is 7. The van der Waals surface area contributed by atoms with Gasteiger partial charge in [0, 0.05) is 55.9 Å². The quantitative estimate of drug-likeness (QED) is 0.205. The molecule has 3 fully saturated rings. The third kappa shape index (κ3) is 5.79. The third-order valence-electron chi connectivity index (χ3n) is 12.7. The van der Waals surface area contributed by atoms with Crippen LogP contribution in [-0.4, -0.2) is 78.8 Å². The van der Waals surface area contributed by atoms with Gasteiger partial charge in [-0.15, -0.1) is 0 Å². The molecule has 14 heteroatoms. The second-order valence-electron chi connectivity index (χ2n) is 16.1. The van der Waals surface area contributed by atoms with Crippen LogP contribution in [0, 0.1) is 5.92 Å². The number of fused-ring (bicyclic) bond motifs is 2. The number of aromatic amines is 1. The first-order chi connectivity index (χ1) is 28.2. The molecule has 3 aliphatic heterocycles. The number of urea groups is 1. The average Bonchev–Trinajstić information content (AvgIpc) is 3.55. The lowest BCUT2D eigenvalue weighted by molar-refractivity contribution is 0.0658. The number of para-hydroxylation sites is 1. The highest BCUT2D eigenvalue weighted by molar-refractivity contribution is 6.00. The van der Waals surface area contributed by atoms with E-state index in [1.165, 1.54) is 10.1 Å². The van der Waals surface area contributed by atoms with Gasteiger partial charge in [-0.25, -0.2) is 19.1 Å². The Labute approximate surface area is 333 Å². The fourth-order valence-electron chi connectivity index (χ4n) is 9.53. The molecule has 3 amide bonds. The van der Waals surface area contributed by atoms with Gasteiger partial charge in [-0.05, 0) is 85.9 Å². The van der Waals surface area contributed by atoms with Crippen LogP contribution in [0.25, 0.3) is 16.6 Å². The number of hydrogen-bond acceptors (Lipinski definition) is 8. The van der Waals surface area contributed by atoms with Crippen molar-refractivity contribution in [2.75, 3.05) is 37.7 Å². The number of hydrogen-bond donors (Lipinski definition) is 1. The van der Waals surface area contributed by atoms with Gasteiger partial charge >= 0.3 is 11.8 Å². The Morgan fingerprint density at radius 2 is 1.66 bits per heavy atom. The number of ether oxygens (including phenoxy) is 1. The van der Waals surface area contributed by atoms with Crippen molar-refractivity contribution in [1.29, 1.82) is 0 Å². The molecule has 3 aromatic carbocycles. The molecule has 1 N–H and O–H groups in total. The Balaban J connectivity index is 1.06. The monoisotopic (exact) mass is 780 g/mol. The highest BCUT2D eigenvalue weighted by atomic mass is 16.5. The van der Waals surface area contributed by atoms with Crippen LogP contribution in [0.1, 0.15) is 83.8 Å². The third-order valence-corrected chi connectivity index (χ3v) is 12.7. The second kappa shape index (κ2) is 14.0. The van der Waals surface area contributed by atoms with E-state index >= 15 is 4.79 Å². The summed E-state index contributed by atoms with van der Waals surface area (Å²) in [6, 6.07) is 26.6. The maximum Gasteiger partial charge on any atom is 0.438 e. The smallest absolute Gasteiger partial charge is 0.381 e. The zero-order valence-electron chi connectivity index (χ0n) is 32.5. The molecule has 2 saturated heterocycles. The maximum atomic E-state index is 15.2. The molecule has 6 aromatic rings. The van der Waals surface area contributed by atoms with Gasteiger partial charge in [0.25, 0.3) is 11.5 Å². The van der Waals surface area contributed by atoms with Crippen molar-refractivity contribution in [3.63, 3.8) is 0 Å². The van der Waals surface area contributed by atoms with Gasteiger partial charge in [-0.1, -0.05) is 66.7 Å². The molecule has 0 spiro atoms. The molecule has 1 saturated carbocycles. The lowest BCUT2D eigenvalue weighted by atomic mass is 9.91. The Morgan fingerprint density at radius 1 is 0.914 bits per heavy atom. The average molecular weight is 781 g/mol. The van der Waals surface area contributed by atoms with Gasteiger partial charge in [0.05, 0.1) is 17.4 Å². The van der Waals surface area contributed by atoms with Crippen molar-refractivity contribution in [3.8, 4) is 5.69 Å². The van der Waals surface area contributed by atoms with E-state index in [1.54, 1.807) is 14.7 Å². The van der Waals surface area contributed by atoms with E-state index < -0.39 is 17.3 Å². The summed E-state index contributed by atoms with van der Waals surface area (Å²) in [6.45, 7) is 6.93. The highest BCUT2D eigenvalue weighted by Crippen LogP contribution is 2.56. The number of carbonyl (C=O) groups is 2. The lowest BCUT2D eigenvalue weighted by Gasteiger charge is -2.36. The van der Waals surface area contributed by atoms with Crippen LogP contribution >= 0.6 is 0 Å². The van der Waals surface area contributed by atoms with Crippen molar-refractivity contribution < 1.29 is 18.8 Å². The first kappa shape index (κ1) is 36.1. The predicted molar refractivity (Wildman–Crippen MR) is 215 cm³/mol. The van der Waals surface area contributed by atoms with Crippen molar-refractivity contribution in [1.82, 2.24) is 34.1 Å². The maximum absolute atomic E-state index is 15.2. The molecule has 0 radical (unpaired) electrons. The van der Waals surface area contributed by atoms with Crippen LogP contribution in [0.2, 0.25) is 0 Å². The number of carbonyl (C=O) groups excluding carboxylic acids is 2. The van der Waals surface area contributed by atoms with E-state index in [0.29, 0.717) is 73.6 Å². The Morgan fingerprint density at radius 3 is 2.36 bits per heavy atom. The Kier molecular flexibility index (Phi) is 8.70. The Bertz CT molecular complexity index is 2680. The lowest BCUT2D eigenvalue weighted by Crippen LogP contribution is -2.45. The number of rotatable bonds is 8. The molecular weight excluding hydrogens is 737 g/mol. The number of H-pyrrole nitrogens is 1. The topological polar surface area (TPSA) is 152 Å². The fraction of sp³-hybridized carbons (Fsp3) is 0.364. The molecule has 58 heavy (non-hydrogen) atoms. The zero-order valence-corrected chi connectivity index (χ0v) is 32.5.